The van der Waals surface area contributed by atoms with E-state index in [2.05, 4.69) is 0 Å². The second-order valence-corrected chi connectivity index (χ2v) is 3.47. The summed E-state index contributed by atoms with van der Waals surface area (Å²) in [6.07, 6.45) is 0. The van der Waals surface area contributed by atoms with Gasteiger partial charge in [0, 0.05) is 6.61 Å². The van der Waals surface area contributed by atoms with Crippen LogP contribution in [0, 0.1) is 11.7 Å². The Morgan fingerprint density at radius 1 is 1.31 bits per heavy atom. The molecular formula is C11H15FO. The van der Waals surface area contributed by atoms with E-state index >= 15 is 0 Å². The highest BCUT2D eigenvalue weighted by atomic mass is 19.1. The highest BCUT2D eigenvalue weighted by Crippen LogP contribution is 2.25. The van der Waals surface area contributed by atoms with Crippen molar-refractivity contribution in [2.75, 3.05) is 6.61 Å². The third kappa shape index (κ3) is 2.28. The lowest BCUT2D eigenvalue weighted by Crippen LogP contribution is -2.11. The summed E-state index contributed by atoms with van der Waals surface area (Å²) in [5.41, 5.74) is 0.684. The summed E-state index contributed by atoms with van der Waals surface area (Å²) in [6.45, 7) is 3.94. The summed E-state index contributed by atoms with van der Waals surface area (Å²) in [7, 11) is 0. The van der Waals surface area contributed by atoms with Crippen LogP contribution in [0.2, 0.25) is 0 Å². The quantitative estimate of drug-likeness (QED) is 0.761. The van der Waals surface area contributed by atoms with Gasteiger partial charge in [-0.1, -0.05) is 32.0 Å². The lowest BCUT2D eigenvalue weighted by molar-refractivity contribution is 0.219. The van der Waals surface area contributed by atoms with E-state index in [-0.39, 0.29) is 24.3 Å². The lowest BCUT2D eigenvalue weighted by Gasteiger charge is -2.18. The van der Waals surface area contributed by atoms with Crippen LogP contribution < -0.4 is 0 Å². The highest BCUT2D eigenvalue weighted by Gasteiger charge is 2.16. The molecule has 0 aliphatic heterocycles. The molecule has 1 nitrogen and oxygen atoms in total. The van der Waals surface area contributed by atoms with Crippen molar-refractivity contribution in [3.05, 3.63) is 35.6 Å². The van der Waals surface area contributed by atoms with Crippen LogP contribution in [0.4, 0.5) is 4.39 Å². The summed E-state index contributed by atoms with van der Waals surface area (Å²) in [6, 6.07) is 6.72. The van der Waals surface area contributed by atoms with Gasteiger partial charge in [0.15, 0.2) is 0 Å². The predicted octanol–water partition coefficient (Wildman–Crippen LogP) is 2.56. The Balaban J connectivity index is 2.88. The number of halogens is 1. The van der Waals surface area contributed by atoms with Crippen molar-refractivity contribution >= 4 is 0 Å². The van der Waals surface area contributed by atoms with Crippen molar-refractivity contribution in [2.45, 2.75) is 19.8 Å². The Morgan fingerprint density at radius 3 is 2.46 bits per heavy atom. The first-order valence-electron chi connectivity index (χ1n) is 4.52. The standard InChI is InChI=1S/C11H15FO/c1-8(7-13)9(2)10-5-3-4-6-11(10)12/h3-6,8-9,13H,7H2,1-2H3. The normalized spacial score (nSPS) is 15.4. The van der Waals surface area contributed by atoms with Gasteiger partial charge in [0.2, 0.25) is 0 Å². The number of benzene rings is 1. The molecule has 1 aromatic rings. The van der Waals surface area contributed by atoms with Gasteiger partial charge in [-0.3, -0.25) is 0 Å². The molecule has 0 fully saturated rings. The van der Waals surface area contributed by atoms with Crippen LogP contribution >= 0.6 is 0 Å². The van der Waals surface area contributed by atoms with Crippen molar-refractivity contribution in [1.82, 2.24) is 0 Å². The Bertz CT molecular complexity index is 273. The molecule has 2 unspecified atom stereocenters. The molecule has 0 amide bonds. The van der Waals surface area contributed by atoms with Crippen molar-refractivity contribution < 1.29 is 9.50 Å². The number of hydrogen-bond donors (Lipinski definition) is 1. The first kappa shape index (κ1) is 10.2. The van der Waals surface area contributed by atoms with Gasteiger partial charge in [0.25, 0.3) is 0 Å². The predicted molar refractivity (Wildman–Crippen MR) is 51.1 cm³/mol. The van der Waals surface area contributed by atoms with Crippen LogP contribution in [0.15, 0.2) is 24.3 Å². The van der Waals surface area contributed by atoms with E-state index in [0.717, 1.165) is 0 Å². The van der Waals surface area contributed by atoms with Crippen LogP contribution in [-0.4, -0.2) is 11.7 Å². The molecule has 1 N–H and O–H groups in total. The monoisotopic (exact) mass is 182 g/mol. The molecule has 0 saturated carbocycles. The zero-order valence-electron chi connectivity index (χ0n) is 8.00. The molecular weight excluding hydrogens is 167 g/mol. The third-order valence-corrected chi connectivity index (χ3v) is 2.54. The van der Waals surface area contributed by atoms with Gasteiger partial charge in [-0.25, -0.2) is 4.39 Å². The maximum Gasteiger partial charge on any atom is 0.126 e. The van der Waals surface area contributed by atoms with Gasteiger partial charge in [-0.05, 0) is 23.5 Å². The molecule has 13 heavy (non-hydrogen) atoms. The topological polar surface area (TPSA) is 20.2 Å². The molecule has 0 radical (unpaired) electrons. The van der Waals surface area contributed by atoms with Crippen molar-refractivity contribution in [3.63, 3.8) is 0 Å². The Labute approximate surface area is 78.2 Å². The van der Waals surface area contributed by atoms with Crippen LogP contribution in [0.25, 0.3) is 0 Å². The zero-order valence-corrected chi connectivity index (χ0v) is 8.00. The summed E-state index contributed by atoms with van der Waals surface area (Å²) in [4.78, 5) is 0. The van der Waals surface area contributed by atoms with Gasteiger partial charge in [-0.2, -0.15) is 0 Å². The number of hydrogen-bond acceptors (Lipinski definition) is 1. The third-order valence-electron chi connectivity index (χ3n) is 2.54. The lowest BCUT2D eigenvalue weighted by atomic mass is 9.89. The van der Waals surface area contributed by atoms with Crippen LogP contribution in [-0.2, 0) is 0 Å². The molecule has 72 valence electrons. The fourth-order valence-corrected chi connectivity index (χ4v) is 1.31. The molecule has 0 heterocycles. The number of aliphatic hydroxyl groups excluding tert-OH is 1. The van der Waals surface area contributed by atoms with Gasteiger partial charge in [-0.15, -0.1) is 0 Å². The smallest absolute Gasteiger partial charge is 0.126 e. The van der Waals surface area contributed by atoms with E-state index in [1.165, 1.54) is 6.07 Å². The SMILES string of the molecule is CC(CO)C(C)c1ccccc1F. The fraction of sp³-hybridized carbons (Fsp3) is 0.455. The van der Waals surface area contributed by atoms with E-state index in [0.29, 0.717) is 5.56 Å². The van der Waals surface area contributed by atoms with E-state index in [9.17, 15) is 4.39 Å². The van der Waals surface area contributed by atoms with E-state index in [4.69, 9.17) is 5.11 Å². The molecule has 0 aliphatic rings. The van der Waals surface area contributed by atoms with Crippen LogP contribution in [0.3, 0.4) is 0 Å². The molecule has 0 spiro atoms. The summed E-state index contributed by atoms with van der Waals surface area (Å²) < 4.78 is 13.3. The minimum Gasteiger partial charge on any atom is -0.396 e. The van der Waals surface area contributed by atoms with Gasteiger partial charge in [0.05, 0.1) is 0 Å². The second-order valence-electron chi connectivity index (χ2n) is 3.47. The van der Waals surface area contributed by atoms with E-state index < -0.39 is 0 Å². The largest absolute Gasteiger partial charge is 0.396 e. The maximum atomic E-state index is 13.3. The molecule has 1 rings (SSSR count). The van der Waals surface area contributed by atoms with Crippen LogP contribution in [0.5, 0.6) is 0 Å². The first-order valence-corrected chi connectivity index (χ1v) is 4.52. The van der Waals surface area contributed by atoms with Crippen molar-refractivity contribution in [3.8, 4) is 0 Å². The van der Waals surface area contributed by atoms with Crippen LogP contribution in [0.1, 0.15) is 25.3 Å². The summed E-state index contributed by atoms with van der Waals surface area (Å²) in [5.74, 6) is -0.0293. The summed E-state index contributed by atoms with van der Waals surface area (Å²) in [5, 5.41) is 8.93. The molecule has 1 aromatic carbocycles. The zero-order chi connectivity index (χ0) is 9.84. The summed E-state index contributed by atoms with van der Waals surface area (Å²) >= 11 is 0. The molecule has 2 heteroatoms. The number of rotatable bonds is 3. The fourth-order valence-electron chi connectivity index (χ4n) is 1.31. The Morgan fingerprint density at radius 2 is 1.92 bits per heavy atom. The van der Waals surface area contributed by atoms with Crippen molar-refractivity contribution in [1.29, 1.82) is 0 Å². The minimum absolute atomic E-state index is 0.0613. The Kier molecular flexibility index (Phi) is 3.43. The highest BCUT2D eigenvalue weighted by molar-refractivity contribution is 5.21. The van der Waals surface area contributed by atoms with Gasteiger partial charge >= 0.3 is 0 Å². The first-order chi connectivity index (χ1) is 6.16. The van der Waals surface area contributed by atoms with Gasteiger partial charge in [0.1, 0.15) is 5.82 Å². The molecule has 2 atom stereocenters. The molecule has 0 bridgehead atoms. The minimum atomic E-state index is -0.185. The molecule has 0 saturated heterocycles. The molecule has 0 aliphatic carbocycles. The van der Waals surface area contributed by atoms with E-state index in [1.54, 1.807) is 12.1 Å². The second kappa shape index (κ2) is 4.38. The maximum absolute atomic E-state index is 13.3. The average molecular weight is 182 g/mol. The van der Waals surface area contributed by atoms with Crippen molar-refractivity contribution in [2.24, 2.45) is 5.92 Å². The Hall–Kier alpha value is -0.890. The van der Waals surface area contributed by atoms with Gasteiger partial charge < -0.3 is 5.11 Å². The number of aliphatic hydroxyl groups is 1. The average Bonchev–Trinajstić information content (AvgIpc) is 2.16. The van der Waals surface area contributed by atoms with E-state index in [1.807, 2.05) is 19.9 Å². The molecule has 0 aromatic heterocycles.